The van der Waals surface area contributed by atoms with Crippen molar-refractivity contribution >= 4 is 11.8 Å². The van der Waals surface area contributed by atoms with Crippen LogP contribution in [0, 0.1) is 5.41 Å². The van der Waals surface area contributed by atoms with E-state index >= 15 is 0 Å². The summed E-state index contributed by atoms with van der Waals surface area (Å²) in [6.07, 6.45) is 4.33. The molecule has 0 amide bonds. The molecule has 1 unspecified atom stereocenters. The molecule has 22 heavy (non-hydrogen) atoms. The lowest BCUT2D eigenvalue weighted by Crippen LogP contribution is -2.34. The third kappa shape index (κ3) is 2.73. The number of aliphatic hydroxyl groups is 1. The molecule has 3 nitrogen and oxygen atoms in total. The number of pyridine rings is 1. The van der Waals surface area contributed by atoms with Crippen molar-refractivity contribution in [1.29, 1.82) is 0 Å². The highest BCUT2D eigenvalue weighted by Crippen LogP contribution is 2.46. The maximum Gasteiger partial charge on any atom is 0.136 e. The molecule has 4 heteroatoms. The zero-order chi connectivity index (χ0) is 15.8. The monoisotopic (exact) mass is 315 g/mol. The van der Waals surface area contributed by atoms with E-state index in [1.807, 2.05) is 42.7 Å². The number of thioether (sulfide) groups is 1. The van der Waals surface area contributed by atoms with Gasteiger partial charge < -0.3 is 9.84 Å². The van der Waals surface area contributed by atoms with Crippen molar-refractivity contribution in [2.24, 2.45) is 5.41 Å². The maximum atomic E-state index is 11.6. The normalized spacial score (nSPS) is 23.3. The number of benzene rings is 1. The second-order valence-corrected chi connectivity index (χ2v) is 7.45. The Labute approximate surface area is 135 Å². The fraction of sp³-hybridized carbons (Fsp3) is 0.389. The van der Waals surface area contributed by atoms with E-state index in [2.05, 4.69) is 18.8 Å². The van der Waals surface area contributed by atoms with E-state index in [-0.39, 0.29) is 5.41 Å². The van der Waals surface area contributed by atoms with Crippen LogP contribution in [0.2, 0.25) is 0 Å². The highest BCUT2D eigenvalue weighted by molar-refractivity contribution is 7.98. The number of rotatable bonds is 2. The number of hydrogen-bond acceptors (Lipinski definition) is 4. The molecule has 0 bridgehead atoms. The minimum absolute atomic E-state index is 0.148. The van der Waals surface area contributed by atoms with E-state index in [0.717, 1.165) is 16.2 Å². The Kier molecular flexibility index (Phi) is 3.91. The fourth-order valence-corrected chi connectivity index (χ4v) is 3.47. The van der Waals surface area contributed by atoms with Crippen LogP contribution in [0.25, 0.3) is 0 Å². The summed E-state index contributed by atoms with van der Waals surface area (Å²) in [5.74, 6) is 0.747. The van der Waals surface area contributed by atoms with Gasteiger partial charge in [0.15, 0.2) is 0 Å². The quantitative estimate of drug-likeness (QED) is 0.855. The molecule has 2 heterocycles. The number of nitrogens with zero attached hydrogens (tertiary/aromatic N) is 1. The first kappa shape index (κ1) is 15.4. The van der Waals surface area contributed by atoms with Crippen LogP contribution in [0.4, 0.5) is 0 Å². The van der Waals surface area contributed by atoms with Crippen molar-refractivity contribution in [1.82, 2.24) is 4.98 Å². The standard InChI is InChI=1S/C18H21NO2S/c1-17(2)11-18(20,16-6-4-5-9-19-16)14-10-13(22-3)7-8-15(14)21-12-17/h4-10,20H,11-12H2,1-3H3. The zero-order valence-corrected chi connectivity index (χ0v) is 14.0. The van der Waals surface area contributed by atoms with Crippen LogP contribution in [0.5, 0.6) is 5.75 Å². The number of fused-ring (bicyclic) bond motifs is 1. The molecule has 0 radical (unpaired) electrons. The van der Waals surface area contributed by atoms with Gasteiger partial charge in [0.25, 0.3) is 0 Å². The molecule has 1 aliphatic heterocycles. The largest absolute Gasteiger partial charge is 0.493 e. The van der Waals surface area contributed by atoms with Crippen LogP contribution in [0.1, 0.15) is 31.5 Å². The van der Waals surface area contributed by atoms with Gasteiger partial charge >= 0.3 is 0 Å². The first-order valence-electron chi connectivity index (χ1n) is 7.40. The molecule has 1 aromatic carbocycles. The van der Waals surface area contributed by atoms with Gasteiger partial charge in [-0.15, -0.1) is 11.8 Å². The Bertz CT molecular complexity index is 672. The highest BCUT2D eigenvalue weighted by Gasteiger charge is 2.43. The van der Waals surface area contributed by atoms with Gasteiger partial charge in [-0.25, -0.2) is 0 Å². The molecule has 0 aliphatic carbocycles. The average Bonchev–Trinajstić information content (AvgIpc) is 2.63. The summed E-state index contributed by atoms with van der Waals surface area (Å²) in [5.41, 5.74) is 0.198. The average molecular weight is 315 g/mol. The molecule has 1 N–H and O–H groups in total. The molecule has 0 saturated carbocycles. The Morgan fingerprint density at radius 1 is 1.23 bits per heavy atom. The predicted octanol–water partition coefficient (Wildman–Crippen LogP) is 3.85. The van der Waals surface area contributed by atoms with Gasteiger partial charge in [-0.1, -0.05) is 19.9 Å². The maximum absolute atomic E-state index is 11.6. The molecule has 1 atom stereocenters. The lowest BCUT2D eigenvalue weighted by atomic mass is 9.76. The molecule has 2 aromatic rings. The number of hydrogen-bond donors (Lipinski definition) is 1. The van der Waals surface area contributed by atoms with Crippen molar-refractivity contribution in [3.05, 3.63) is 53.9 Å². The second-order valence-electron chi connectivity index (χ2n) is 6.57. The molecule has 116 valence electrons. The second kappa shape index (κ2) is 5.60. The van der Waals surface area contributed by atoms with E-state index in [1.165, 1.54) is 0 Å². The van der Waals surface area contributed by atoms with Gasteiger partial charge in [0.1, 0.15) is 11.4 Å². The summed E-state index contributed by atoms with van der Waals surface area (Å²) < 4.78 is 5.98. The van der Waals surface area contributed by atoms with Crippen molar-refractivity contribution in [3.8, 4) is 5.75 Å². The van der Waals surface area contributed by atoms with Gasteiger partial charge in [0, 0.05) is 22.1 Å². The predicted molar refractivity (Wildman–Crippen MR) is 89.4 cm³/mol. The summed E-state index contributed by atoms with van der Waals surface area (Å²) in [6, 6.07) is 11.7. The van der Waals surface area contributed by atoms with Crippen LogP contribution in [0.3, 0.4) is 0 Å². The number of aromatic nitrogens is 1. The Morgan fingerprint density at radius 2 is 2.05 bits per heavy atom. The van der Waals surface area contributed by atoms with Crippen LogP contribution >= 0.6 is 11.8 Å². The summed E-state index contributed by atoms with van der Waals surface area (Å²) >= 11 is 1.66. The zero-order valence-electron chi connectivity index (χ0n) is 13.2. The van der Waals surface area contributed by atoms with Gasteiger partial charge in [0.2, 0.25) is 0 Å². The third-order valence-electron chi connectivity index (χ3n) is 4.07. The minimum atomic E-state index is -1.14. The summed E-state index contributed by atoms with van der Waals surface area (Å²) in [5, 5.41) is 11.6. The first-order chi connectivity index (χ1) is 10.4. The molecule has 1 aliphatic rings. The smallest absolute Gasteiger partial charge is 0.136 e. The molecule has 0 spiro atoms. The molecule has 3 rings (SSSR count). The third-order valence-corrected chi connectivity index (χ3v) is 4.80. The lowest BCUT2D eigenvalue weighted by molar-refractivity contribution is 0.0264. The van der Waals surface area contributed by atoms with Gasteiger partial charge in [0.05, 0.1) is 12.3 Å². The molecule has 0 fully saturated rings. The van der Waals surface area contributed by atoms with Gasteiger partial charge in [-0.2, -0.15) is 0 Å². The van der Waals surface area contributed by atoms with Crippen molar-refractivity contribution in [2.75, 3.05) is 12.9 Å². The SMILES string of the molecule is CSc1ccc2c(c1)C(O)(c1ccccn1)CC(C)(C)CO2. The first-order valence-corrected chi connectivity index (χ1v) is 8.62. The summed E-state index contributed by atoms with van der Waals surface area (Å²) in [4.78, 5) is 5.53. The van der Waals surface area contributed by atoms with Crippen molar-refractivity contribution in [3.63, 3.8) is 0 Å². The van der Waals surface area contributed by atoms with E-state index in [1.54, 1.807) is 18.0 Å². The van der Waals surface area contributed by atoms with E-state index in [9.17, 15) is 5.11 Å². The lowest BCUT2D eigenvalue weighted by Gasteiger charge is -2.33. The molecular weight excluding hydrogens is 294 g/mol. The molecule has 1 aromatic heterocycles. The van der Waals surface area contributed by atoms with Crippen LogP contribution in [-0.2, 0) is 5.60 Å². The van der Waals surface area contributed by atoms with Crippen LogP contribution < -0.4 is 4.74 Å². The van der Waals surface area contributed by atoms with Crippen LogP contribution in [0.15, 0.2) is 47.5 Å². The highest BCUT2D eigenvalue weighted by atomic mass is 32.2. The Hall–Kier alpha value is -1.52. The summed E-state index contributed by atoms with van der Waals surface area (Å²) in [7, 11) is 0. The fourth-order valence-electron chi connectivity index (χ4n) is 3.03. The Balaban J connectivity index is 2.22. The topological polar surface area (TPSA) is 42.4 Å². The molecular formula is C18H21NO2S. The van der Waals surface area contributed by atoms with Crippen molar-refractivity contribution < 1.29 is 9.84 Å². The summed E-state index contributed by atoms with van der Waals surface area (Å²) in [6.45, 7) is 4.80. The van der Waals surface area contributed by atoms with Gasteiger partial charge in [-0.3, -0.25) is 4.98 Å². The molecule has 0 saturated heterocycles. The van der Waals surface area contributed by atoms with E-state index in [0.29, 0.717) is 18.7 Å². The van der Waals surface area contributed by atoms with E-state index in [4.69, 9.17) is 4.74 Å². The number of ether oxygens (including phenoxy) is 1. The Morgan fingerprint density at radius 3 is 2.73 bits per heavy atom. The van der Waals surface area contributed by atoms with E-state index < -0.39 is 5.60 Å². The van der Waals surface area contributed by atoms with Gasteiger partial charge in [-0.05, 0) is 43.0 Å². The van der Waals surface area contributed by atoms with Crippen LogP contribution in [-0.4, -0.2) is 23.0 Å². The minimum Gasteiger partial charge on any atom is -0.493 e. The van der Waals surface area contributed by atoms with Crippen molar-refractivity contribution in [2.45, 2.75) is 30.8 Å².